The highest BCUT2D eigenvalue weighted by molar-refractivity contribution is 5.98. The number of nitrogens with zero attached hydrogens (tertiary/aromatic N) is 2. The van der Waals surface area contributed by atoms with Crippen molar-refractivity contribution in [3.05, 3.63) is 33.4 Å². The normalized spacial score (nSPS) is 10.6. The summed E-state index contributed by atoms with van der Waals surface area (Å²) in [6, 6.07) is 2.81. The van der Waals surface area contributed by atoms with Crippen molar-refractivity contribution in [1.82, 2.24) is 0 Å². The number of nitro groups is 1. The first-order valence-electron chi connectivity index (χ1n) is 4.76. The molecule has 1 aromatic carbocycles. The van der Waals surface area contributed by atoms with E-state index in [2.05, 4.69) is 9.47 Å². The summed E-state index contributed by atoms with van der Waals surface area (Å²) in [5.41, 5.74) is -2.72. The molecule has 0 aliphatic carbocycles. The van der Waals surface area contributed by atoms with Gasteiger partial charge in [0.15, 0.2) is 11.3 Å². The maximum Gasteiger partial charge on any atom is 0.573 e. The molecular weight excluding hydrogens is 285 g/mol. The van der Waals surface area contributed by atoms with Crippen LogP contribution < -0.4 is 4.74 Å². The van der Waals surface area contributed by atoms with Gasteiger partial charge in [0.05, 0.1) is 17.6 Å². The van der Waals surface area contributed by atoms with Gasteiger partial charge in [0, 0.05) is 6.07 Å². The molecular formula is C10H5F3N2O5. The number of nitro benzene ring substituents is 1. The van der Waals surface area contributed by atoms with E-state index in [4.69, 9.17) is 5.26 Å². The molecule has 106 valence electrons. The second-order valence-corrected chi connectivity index (χ2v) is 3.24. The van der Waals surface area contributed by atoms with Gasteiger partial charge in [-0.05, 0) is 6.07 Å². The number of benzene rings is 1. The predicted octanol–water partition coefficient (Wildman–Crippen LogP) is 2.15. The highest BCUT2D eigenvalue weighted by Gasteiger charge is 2.38. The first kappa shape index (κ1) is 15.2. The third-order valence-electron chi connectivity index (χ3n) is 2.06. The summed E-state index contributed by atoms with van der Waals surface area (Å²) in [5.74, 6) is -2.69. The van der Waals surface area contributed by atoms with Gasteiger partial charge in [-0.2, -0.15) is 5.26 Å². The van der Waals surface area contributed by atoms with Crippen LogP contribution in [0.25, 0.3) is 0 Å². The second-order valence-electron chi connectivity index (χ2n) is 3.24. The van der Waals surface area contributed by atoms with Crippen molar-refractivity contribution in [2.75, 3.05) is 7.11 Å². The highest BCUT2D eigenvalue weighted by Crippen LogP contribution is 2.35. The van der Waals surface area contributed by atoms with Crippen LogP contribution in [0.1, 0.15) is 15.9 Å². The molecule has 0 saturated carbocycles. The van der Waals surface area contributed by atoms with Gasteiger partial charge in [-0.1, -0.05) is 0 Å². The van der Waals surface area contributed by atoms with Gasteiger partial charge in [0.2, 0.25) is 0 Å². The summed E-state index contributed by atoms with van der Waals surface area (Å²) >= 11 is 0. The lowest BCUT2D eigenvalue weighted by atomic mass is 10.1. The van der Waals surface area contributed by atoms with E-state index in [1.54, 1.807) is 0 Å². The van der Waals surface area contributed by atoms with Crippen LogP contribution >= 0.6 is 0 Å². The number of carbonyl (C=O) groups is 1. The van der Waals surface area contributed by atoms with E-state index < -0.39 is 39.8 Å². The van der Waals surface area contributed by atoms with Crippen LogP contribution in [0.15, 0.2) is 12.1 Å². The Bertz CT molecular complexity index is 606. The Labute approximate surface area is 109 Å². The first-order chi connectivity index (χ1) is 9.21. The Morgan fingerprint density at radius 2 is 2.05 bits per heavy atom. The molecule has 0 heterocycles. The van der Waals surface area contributed by atoms with Crippen LogP contribution in [0.5, 0.6) is 5.75 Å². The van der Waals surface area contributed by atoms with Crippen LogP contribution in [0, 0.1) is 21.4 Å². The average molecular weight is 290 g/mol. The molecule has 20 heavy (non-hydrogen) atoms. The summed E-state index contributed by atoms with van der Waals surface area (Å²) < 4.78 is 44.6. The van der Waals surface area contributed by atoms with Crippen molar-refractivity contribution in [3.63, 3.8) is 0 Å². The fraction of sp³-hybridized carbons (Fsp3) is 0.200. The Kier molecular flexibility index (Phi) is 4.14. The van der Waals surface area contributed by atoms with Crippen molar-refractivity contribution in [2.45, 2.75) is 6.36 Å². The zero-order valence-electron chi connectivity index (χ0n) is 9.72. The Hall–Kier alpha value is -2.83. The molecule has 0 aliphatic rings. The smallest absolute Gasteiger partial charge is 0.465 e. The standard InChI is InChI=1S/C10H5F3N2O5/c1-19-9(16)7-6(15(17)18)3-2-5(4-14)8(7)20-10(11,12)13/h2-3H,1H3. The van der Waals surface area contributed by atoms with E-state index in [1.165, 1.54) is 6.07 Å². The quantitative estimate of drug-likeness (QED) is 0.480. The minimum atomic E-state index is -5.23. The van der Waals surface area contributed by atoms with Crippen LogP contribution in [-0.2, 0) is 4.74 Å². The van der Waals surface area contributed by atoms with Gasteiger partial charge in [-0.3, -0.25) is 10.1 Å². The molecule has 0 N–H and O–H groups in total. The molecule has 1 rings (SSSR count). The van der Waals surface area contributed by atoms with Crippen LogP contribution in [-0.4, -0.2) is 24.4 Å². The van der Waals surface area contributed by atoms with Gasteiger partial charge in [-0.25, -0.2) is 4.79 Å². The van der Waals surface area contributed by atoms with Crippen molar-refractivity contribution in [1.29, 1.82) is 5.26 Å². The van der Waals surface area contributed by atoms with Crippen molar-refractivity contribution >= 4 is 11.7 Å². The molecule has 0 unspecified atom stereocenters. The molecule has 1 aromatic rings. The van der Waals surface area contributed by atoms with Gasteiger partial charge in [0.25, 0.3) is 5.69 Å². The van der Waals surface area contributed by atoms with Gasteiger partial charge < -0.3 is 9.47 Å². The number of carbonyl (C=O) groups excluding carboxylic acids is 1. The highest BCUT2D eigenvalue weighted by atomic mass is 19.4. The number of halogens is 3. The van der Waals surface area contributed by atoms with E-state index in [0.717, 1.165) is 13.2 Å². The molecule has 0 bridgehead atoms. The zero-order valence-corrected chi connectivity index (χ0v) is 9.72. The SMILES string of the molecule is COC(=O)c1c([N+](=O)[O-])ccc(C#N)c1OC(F)(F)F. The van der Waals surface area contributed by atoms with Gasteiger partial charge >= 0.3 is 12.3 Å². The molecule has 0 amide bonds. The average Bonchev–Trinajstić information content (AvgIpc) is 2.35. The minimum Gasteiger partial charge on any atom is -0.465 e. The molecule has 0 radical (unpaired) electrons. The maximum absolute atomic E-state index is 12.3. The van der Waals surface area contributed by atoms with Crippen LogP contribution in [0.2, 0.25) is 0 Å². The topological polar surface area (TPSA) is 102 Å². The number of rotatable bonds is 3. The number of alkyl halides is 3. The number of hydrogen-bond donors (Lipinski definition) is 0. The van der Waals surface area contributed by atoms with Gasteiger partial charge in [0.1, 0.15) is 6.07 Å². The molecule has 7 nitrogen and oxygen atoms in total. The van der Waals surface area contributed by atoms with E-state index in [0.29, 0.717) is 6.07 Å². The molecule has 0 aliphatic heterocycles. The summed E-state index contributed by atoms with van der Waals surface area (Å²) in [6.07, 6.45) is -5.23. The maximum atomic E-state index is 12.3. The number of methoxy groups -OCH3 is 1. The fourth-order valence-electron chi connectivity index (χ4n) is 1.33. The molecule has 0 fully saturated rings. The van der Waals surface area contributed by atoms with Crippen LogP contribution in [0.4, 0.5) is 18.9 Å². The monoisotopic (exact) mass is 290 g/mol. The lowest BCUT2D eigenvalue weighted by molar-refractivity contribution is -0.385. The Balaban J connectivity index is 3.65. The Morgan fingerprint density at radius 1 is 1.45 bits per heavy atom. The van der Waals surface area contributed by atoms with E-state index in [1.807, 2.05) is 0 Å². The zero-order chi connectivity index (χ0) is 15.5. The second kappa shape index (κ2) is 5.43. The lowest BCUT2D eigenvalue weighted by Gasteiger charge is -2.13. The first-order valence-corrected chi connectivity index (χ1v) is 4.76. The molecule has 10 heteroatoms. The number of ether oxygens (including phenoxy) is 2. The Morgan fingerprint density at radius 3 is 2.45 bits per heavy atom. The lowest BCUT2D eigenvalue weighted by Crippen LogP contribution is -2.21. The molecule has 0 atom stereocenters. The number of hydrogen-bond acceptors (Lipinski definition) is 6. The molecule has 0 aromatic heterocycles. The summed E-state index contributed by atoms with van der Waals surface area (Å²) in [7, 11) is 0.822. The fourth-order valence-corrected chi connectivity index (χ4v) is 1.33. The number of esters is 1. The molecule has 0 saturated heterocycles. The summed E-state index contributed by atoms with van der Waals surface area (Å²) in [5, 5.41) is 19.4. The third kappa shape index (κ3) is 3.14. The van der Waals surface area contributed by atoms with E-state index >= 15 is 0 Å². The number of nitriles is 1. The predicted molar refractivity (Wildman–Crippen MR) is 55.8 cm³/mol. The van der Waals surface area contributed by atoms with Crippen LogP contribution in [0.3, 0.4) is 0 Å². The molecule has 0 spiro atoms. The van der Waals surface area contributed by atoms with Gasteiger partial charge in [-0.15, -0.1) is 13.2 Å². The largest absolute Gasteiger partial charge is 0.573 e. The van der Waals surface area contributed by atoms with Crippen molar-refractivity contribution in [2.24, 2.45) is 0 Å². The minimum absolute atomic E-state index is 0.687. The van der Waals surface area contributed by atoms with Crippen molar-refractivity contribution < 1.29 is 32.4 Å². The van der Waals surface area contributed by atoms with E-state index in [9.17, 15) is 28.1 Å². The van der Waals surface area contributed by atoms with E-state index in [-0.39, 0.29) is 0 Å². The summed E-state index contributed by atoms with van der Waals surface area (Å²) in [4.78, 5) is 21.1. The van der Waals surface area contributed by atoms with Crippen molar-refractivity contribution in [3.8, 4) is 11.8 Å². The summed E-state index contributed by atoms with van der Waals surface area (Å²) in [6.45, 7) is 0. The third-order valence-corrected chi connectivity index (χ3v) is 2.06.